The van der Waals surface area contributed by atoms with E-state index in [2.05, 4.69) is 36.2 Å². The van der Waals surface area contributed by atoms with Crippen molar-refractivity contribution in [2.75, 3.05) is 24.7 Å². The normalized spacial score (nSPS) is 10.9. The van der Waals surface area contributed by atoms with E-state index in [9.17, 15) is 0 Å². The van der Waals surface area contributed by atoms with Gasteiger partial charge in [-0.05, 0) is 42.8 Å². The largest absolute Gasteiger partial charge is 0.397 e. The van der Waals surface area contributed by atoms with Gasteiger partial charge in [0.2, 0.25) is 0 Å². The van der Waals surface area contributed by atoms with E-state index in [1.807, 2.05) is 31.1 Å². The van der Waals surface area contributed by atoms with Crippen LogP contribution in [-0.4, -0.2) is 19.1 Å². The van der Waals surface area contributed by atoms with E-state index >= 15 is 0 Å². The third-order valence-electron chi connectivity index (χ3n) is 3.30. The second-order valence-corrected chi connectivity index (χ2v) is 6.19. The Morgan fingerprint density at radius 1 is 1.10 bits per heavy atom. The maximum atomic E-state index is 6.11. The standard InChI is InChI=1S/C16H17N3S/c1-10-4-6-13-15(8-10)20-16(18-13)11-5-7-14(19(2)3)12(17)9-11/h4-9H,17H2,1-3H3. The number of hydrogen-bond donors (Lipinski definition) is 1. The molecule has 3 nitrogen and oxygen atoms in total. The molecule has 0 bridgehead atoms. The van der Waals surface area contributed by atoms with E-state index in [1.165, 1.54) is 10.3 Å². The molecule has 3 aromatic rings. The first kappa shape index (κ1) is 12.9. The second-order valence-electron chi connectivity index (χ2n) is 5.16. The van der Waals surface area contributed by atoms with Crippen molar-refractivity contribution in [2.24, 2.45) is 0 Å². The first-order valence-electron chi connectivity index (χ1n) is 6.49. The summed E-state index contributed by atoms with van der Waals surface area (Å²) >= 11 is 1.71. The van der Waals surface area contributed by atoms with Crippen molar-refractivity contribution < 1.29 is 0 Å². The molecule has 0 atom stereocenters. The molecular formula is C16H17N3S. The predicted octanol–water partition coefficient (Wildman–Crippen LogP) is 3.92. The molecule has 0 radical (unpaired) electrons. The molecule has 4 heteroatoms. The summed E-state index contributed by atoms with van der Waals surface area (Å²) in [5, 5.41) is 1.02. The van der Waals surface area contributed by atoms with Crippen LogP contribution < -0.4 is 10.6 Å². The van der Waals surface area contributed by atoms with Crippen LogP contribution in [0.2, 0.25) is 0 Å². The first-order chi connectivity index (χ1) is 9.54. The van der Waals surface area contributed by atoms with Crippen molar-refractivity contribution in [1.82, 2.24) is 4.98 Å². The molecule has 2 N–H and O–H groups in total. The Labute approximate surface area is 122 Å². The van der Waals surface area contributed by atoms with Crippen molar-refractivity contribution in [3.8, 4) is 10.6 Å². The number of rotatable bonds is 2. The minimum absolute atomic E-state index is 0.780. The van der Waals surface area contributed by atoms with Crippen LogP contribution in [0.5, 0.6) is 0 Å². The third-order valence-corrected chi connectivity index (χ3v) is 4.37. The molecule has 0 amide bonds. The van der Waals surface area contributed by atoms with E-state index < -0.39 is 0 Å². The Morgan fingerprint density at radius 2 is 1.90 bits per heavy atom. The highest BCUT2D eigenvalue weighted by Crippen LogP contribution is 2.33. The summed E-state index contributed by atoms with van der Waals surface area (Å²) in [6.07, 6.45) is 0. The maximum Gasteiger partial charge on any atom is 0.124 e. The van der Waals surface area contributed by atoms with Crippen LogP contribution >= 0.6 is 11.3 Å². The molecule has 0 saturated carbocycles. The number of thiazole rings is 1. The predicted molar refractivity (Wildman–Crippen MR) is 88.5 cm³/mol. The number of aromatic nitrogens is 1. The topological polar surface area (TPSA) is 42.2 Å². The molecular weight excluding hydrogens is 266 g/mol. The van der Waals surface area contributed by atoms with Crippen molar-refractivity contribution >= 4 is 32.9 Å². The van der Waals surface area contributed by atoms with Gasteiger partial charge in [0.1, 0.15) is 5.01 Å². The van der Waals surface area contributed by atoms with E-state index in [4.69, 9.17) is 5.73 Å². The molecule has 0 aliphatic rings. The van der Waals surface area contributed by atoms with E-state index in [0.717, 1.165) is 27.5 Å². The lowest BCUT2D eigenvalue weighted by molar-refractivity contribution is 1.13. The number of hydrogen-bond acceptors (Lipinski definition) is 4. The van der Waals surface area contributed by atoms with Crippen molar-refractivity contribution in [3.63, 3.8) is 0 Å². The smallest absolute Gasteiger partial charge is 0.124 e. The van der Waals surface area contributed by atoms with Gasteiger partial charge in [0.25, 0.3) is 0 Å². The van der Waals surface area contributed by atoms with E-state index in [0.29, 0.717) is 0 Å². The van der Waals surface area contributed by atoms with Gasteiger partial charge < -0.3 is 10.6 Å². The van der Waals surface area contributed by atoms with Gasteiger partial charge in [-0.25, -0.2) is 4.98 Å². The highest BCUT2D eigenvalue weighted by molar-refractivity contribution is 7.21. The molecule has 2 aromatic carbocycles. The van der Waals surface area contributed by atoms with Gasteiger partial charge in [0, 0.05) is 19.7 Å². The number of benzene rings is 2. The van der Waals surface area contributed by atoms with Crippen LogP contribution in [-0.2, 0) is 0 Å². The Hall–Kier alpha value is -2.07. The SMILES string of the molecule is Cc1ccc2nc(-c3ccc(N(C)C)c(N)c3)sc2c1. The molecule has 0 spiro atoms. The summed E-state index contributed by atoms with van der Waals surface area (Å²) in [5.74, 6) is 0. The van der Waals surface area contributed by atoms with Gasteiger partial charge in [-0.3, -0.25) is 0 Å². The molecule has 102 valence electrons. The summed E-state index contributed by atoms with van der Waals surface area (Å²) in [4.78, 5) is 6.70. The molecule has 3 rings (SSSR count). The lowest BCUT2D eigenvalue weighted by Crippen LogP contribution is -2.10. The van der Waals surface area contributed by atoms with Gasteiger partial charge in [-0.2, -0.15) is 0 Å². The highest BCUT2D eigenvalue weighted by atomic mass is 32.1. The minimum atomic E-state index is 0.780. The molecule has 0 unspecified atom stereocenters. The van der Waals surface area contributed by atoms with E-state index in [1.54, 1.807) is 11.3 Å². The summed E-state index contributed by atoms with van der Waals surface area (Å²) in [7, 11) is 3.98. The van der Waals surface area contributed by atoms with Gasteiger partial charge in [-0.15, -0.1) is 11.3 Å². The summed E-state index contributed by atoms with van der Waals surface area (Å²) < 4.78 is 1.22. The monoisotopic (exact) mass is 283 g/mol. The van der Waals surface area contributed by atoms with Crippen LogP contribution in [0.1, 0.15) is 5.56 Å². The van der Waals surface area contributed by atoms with Crippen LogP contribution in [0, 0.1) is 6.92 Å². The van der Waals surface area contributed by atoms with E-state index in [-0.39, 0.29) is 0 Å². The molecule has 20 heavy (non-hydrogen) atoms. The van der Waals surface area contributed by atoms with Gasteiger partial charge in [-0.1, -0.05) is 6.07 Å². The Bertz CT molecular complexity index is 774. The summed E-state index contributed by atoms with van der Waals surface area (Å²) in [5.41, 5.74) is 11.3. The molecule has 0 aliphatic heterocycles. The number of nitrogens with zero attached hydrogens (tertiary/aromatic N) is 2. The summed E-state index contributed by atoms with van der Waals surface area (Å²) in [6.45, 7) is 2.10. The third kappa shape index (κ3) is 2.23. The molecule has 1 heterocycles. The Morgan fingerprint density at radius 3 is 2.60 bits per heavy atom. The lowest BCUT2D eigenvalue weighted by atomic mass is 10.1. The highest BCUT2D eigenvalue weighted by Gasteiger charge is 2.09. The number of anilines is 2. The molecule has 0 fully saturated rings. The average molecular weight is 283 g/mol. The number of nitrogen functional groups attached to an aromatic ring is 1. The van der Waals surface area contributed by atoms with Crippen LogP contribution in [0.15, 0.2) is 36.4 Å². The molecule has 1 aromatic heterocycles. The van der Waals surface area contributed by atoms with Gasteiger partial charge in [0.15, 0.2) is 0 Å². The zero-order valence-electron chi connectivity index (χ0n) is 11.8. The molecule has 0 aliphatic carbocycles. The fraction of sp³-hybridized carbons (Fsp3) is 0.188. The first-order valence-corrected chi connectivity index (χ1v) is 7.30. The number of aryl methyl sites for hydroxylation is 1. The van der Waals surface area contributed by atoms with Gasteiger partial charge in [0.05, 0.1) is 21.6 Å². The minimum Gasteiger partial charge on any atom is -0.397 e. The number of fused-ring (bicyclic) bond motifs is 1. The molecule has 0 saturated heterocycles. The van der Waals surface area contributed by atoms with Crippen LogP contribution in [0.25, 0.3) is 20.8 Å². The number of nitrogens with two attached hydrogens (primary N) is 1. The van der Waals surface area contributed by atoms with Crippen molar-refractivity contribution in [1.29, 1.82) is 0 Å². The van der Waals surface area contributed by atoms with Gasteiger partial charge >= 0.3 is 0 Å². The quantitative estimate of drug-likeness (QED) is 0.725. The Kier molecular flexibility index (Phi) is 3.10. The lowest BCUT2D eigenvalue weighted by Gasteiger charge is -2.15. The van der Waals surface area contributed by atoms with Crippen LogP contribution in [0.4, 0.5) is 11.4 Å². The fourth-order valence-electron chi connectivity index (χ4n) is 2.25. The average Bonchev–Trinajstić information content (AvgIpc) is 2.81. The zero-order chi connectivity index (χ0) is 14.3. The maximum absolute atomic E-state index is 6.11. The van der Waals surface area contributed by atoms with Crippen LogP contribution in [0.3, 0.4) is 0 Å². The summed E-state index contributed by atoms with van der Waals surface area (Å²) in [6, 6.07) is 12.5. The van der Waals surface area contributed by atoms with Crippen molar-refractivity contribution in [3.05, 3.63) is 42.0 Å². The van der Waals surface area contributed by atoms with Crippen molar-refractivity contribution in [2.45, 2.75) is 6.92 Å². The second kappa shape index (κ2) is 4.80. The Balaban J connectivity index is 2.08. The zero-order valence-corrected chi connectivity index (χ0v) is 12.7. The fourth-order valence-corrected chi connectivity index (χ4v) is 3.31.